The van der Waals surface area contributed by atoms with Crippen LogP contribution in [0.5, 0.6) is 5.75 Å². The molecule has 3 rings (SSSR count). The Balaban J connectivity index is 1.55. The Labute approximate surface area is 193 Å². The Hall–Kier alpha value is -2.91. The number of thiazole rings is 1. The predicted molar refractivity (Wildman–Crippen MR) is 120 cm³/mol. The molecule has 0 spiro atoms. The molecule has 1 atom stereocenters. The average molecular weight is 480 g/mol. The molecule has 0 aliphatic heterocycles. The summed E-state index contributed by atoms with van der Waals surface area (Å²) in [4.78, 5) is 16.6. The minimum atomic E-state index is -4.36. The maximum atomic E-state index is 12.7. The van der Waals surface area contributed by atoms with Crippen LogP contribution in [-0.2, 0) is 28.5 Å². The normalized spacial score (nSPS) is 12.5. The molecule has 176 valence electrons. The summed E-state index contributed by atoms with van der Waals surface area (Å²) >= 11 is 1.41. The van der Waals surface area contributed by atoms with Gasteiger partial charge in [-0.25, -0.2) is 9.78 Å². The van der Waals surface area contributed by atoms with Gasteiger partial charge >= 0.3 is 12.1 Å². The van der Waals surface area contributed by atoms with Gasteiger partial charge in [0.15, 0.2) is 6.10 Å². The molecule has 0 amide bonds. The minimum Gasteiger partial charge on any atom is -0.493 e. The fraction of sp³-hybridized carbons (Fsp3) is 0.333. The minimum absolute atomic E-state index is 0.281. The molecule has 3 aromatic rings. The summed E-state index contributed by atoms with van der Waals surface area (Å²) in [6, 6.07) is 10.5. The summed E-state index contributed by atoms with van der Waals surface area (Å²) in [6.45, 7) is 4.39. The molecule has 1 heterocycles. The zero-order valence-corrected chi connectivity index (χ0v) is 19.0. The molecule has 0 saturated carbocycles. The number of aliphatic carboxylic acids is 1. The smallest absolute Gasteiger partial charge is 0.416 e. The van der Waals surface area contributed by atoms with Gasteiger partial charge in [-0.05, 0) is 49.2 Å². The maximum Gasteiger partial charge on any atom is 0.416 e. The Kier molecular flexibility index (Phi) is 8.10. The molecule has 1 N–H and O–H groups in total. The van der Waals surface area contributed by atoms with E-state index in [9.17, 15) is 23.1 Å². The highest BCUT2D eigenvalue weighted by atomic mass is 32.1. The molecule has 1 unspecified atom stereocenters. The van der Waals surface area contributed by atoms with Crippen LogP contribution in [0.4, 0.5) is 13.2 Å². The van der Waals surface area contributed by atoms with Crippen molar-refractivity contribution in [1.82, 2.24) is 4.98 Å². The van der Waals surface area contributed by atoms with Crippen molar-refractivity contribution in [1.29, 1.82) is 0 Å². The van der Waals surface area contributed by atoms with Crippen LogP contribution in [0, 0.1) is 6.92 Å². The quantitative estimate of drug-likeness (QED) is 0.399. The average Bonchev–Trinajstić information content (AvgIpc) is 3.23. The summed E-state index contributed by atoms with van der Waals surface area (Å²) in [7, 11) is 0. The van der Waals surface area contributed by atoms with Crippen molar-refractivity contribution in [3.8, 4) is 16.3 Å². The third kappa shape index (κ3) is 6.79. The molecule has 9 heteroatoms. The number of ether oxygens (including phenoxy) is 2. The lowest BCUT2D eigenvalue weighted by molar-refractivity contribution is -0.150. The van der Waals surface area contributed by atoms with Crippen LogP contribution in [0.1, 0.15) is 28.5 Å². The van der Waals surface area contributed by atoms with Gasteiger partial charge in [0.1, 0.15) is 10.8 Å². The van der Waals surface area contributed by atoms with Crippen molar-refractivity contribution in [3.63, 3.8) is 0 Å². The highest BCUT2D eigenvalue weighted by molar-refractivity contribution is 7.15. The highest BCUT2D eigenvalue weighted by Crippen LogP contribution is 2.32. The van der Waals surface area contributed by atoms with E-state index in [0.29, 0.717) is 36.0 Å². The van der Waals surface area contributed by atoms with E-state index < -0.39 is 23.8 Å². The number of aromatic nitrogens is 1. The molecular formula is C24H24F3NO4S. The number of carboxylic acid groups (broad SMARTS) is 1. The summed E-state index contributed by atoms with van der Waals surface area (Å²) in [5, 5.41) is 9.91. The Morgan fingerprint density at radius 1 is 1.18 bits per heavy atom. The lowest BCUT2D eigenvalue weighted by Gasteiger charge is -2.15. The summed E-state index contributed by atoms with van der Waals surface area (Å²) in [5.41, 5.74) is 1.75. The number of nitrogens with zero attached hydrogens (tertiary/aromatic N) is 1. The van der Waals surface area contributed by atoms with E-state index in [-0.39, 0.29) is 6.42 Å². The van der Waals surface area contributed by atoms with Gasteiger partial charge in [0, 0.05) is 36.1 Å². The van der Waals surface area contributed by atoms with Gasteiger partial charge in [0.05, 0.1) is 12.2 Å². The molecule has 2 aromatic carbocycles. The fourth-order valence-corrected chi connectivity index (χ4v) is 4.13. The van der Waals surface area contributed by atoms with Crippen LogP contribution in [0.3, 0.4) is 0 Å². The van der Waals surface area contributed by atoms with E-state index in [4.69, 9.17) is 9.47 Å². The summed E-state index contributed by atoms with van der Waals surface area (Å²) < 4.78 is 49.2. The third-order valence-corrected chi connectivity index (χ3v) is 6.10. The van der Waals surface area contributed by atoms with Gasteiger partial charge in [-0.3, -0.25) is 0 Å². The Morgan fingerprint density at radius 3 is 2.52 bits per heavy atom. The largest absolute Gasteiger partial charge is 0.493 e. The van der Waals surface area contributed by atoms with E-state index >= 15 is 0 Å². The standard InChI is InChI=1S/C24H24F3NO4S/c1-3-31-21(23(29)30)13-17-6-9-19(12-15(17)2)32-11-10-20-14-28-22(33-20)16-4-7-18(8-5-16)24(25,26)27/h4-9,12,14,21H,3,10-11,13H2,1-2H3,(H,29,30). The molecule has 0 aliphatic rings. The summed E-state index contributed by atoms with van der Waals surface area (Å²) in [5.74, 6) is -0.316. The molecule has 33 heavy (non-hydrogen) atoms. The van der Waals surface area contributed by atoms with E-state index in [1.165, 1.54) is 23.5 Å². The molecule has 0 aliphatic carbocycles. The van der Waals surface area contributed by atoms with Crippen molar-refractivity contribution in [2.45, 2.75) is 39.0 Å². The second kappa shape index (κ2) is 10.8. The summed E-state index contributed by atoms with van der Waals surface area (Å²) in [6.07, 6.45) is -2.66. The van der Waals surface area contributed by atoms with Crippen LogP contribution in [-0.4, -0.2) is 35.4 Å². The zero-order valence-electron chi connectivity index (χ0n) is 18.2. The van der Waals surface area contributed by atoms with E-state index in [1.807, 2.05) is 19.1 Å². The molecule has 0 bridgehead atoms. The van der Waals surface area contributed by atoms with Crippen LogP contribution in [0.2, 0.25) is 0 Å². The SMILES string of the molecule is CCOC(Cc1ccc(OCCc2cnc(-c3ccc(C(F)(F)F)cc3)s2)cc1C)C(=O)O. The molecule has 0 fully saturated rings. The van der Waals surface area contributed by atoms with E-state index in [1.54, 1.807) is 19.2 Å². The van der Waals surface area contributed by atoms with Crippen LogP contribution >= 0.6 is 11.3 Å². The number of hydrogen-bond donors (Lipinski definition) is 1. The van der Waals surface area contributed by atoms with Gasteiger partial charge in [-0.1, -0.05) is 18.2 Å². The number of halogens is 3. The number of aryl methyl sites for hydroxylation is 1. The van der Waals surface area contributed by atoms with Crippen molar-refractivity contribution >= 4 is 17.3 Å². The molecular weight excluding hydrogens is 455 g/mol. The first-order valence-electron chi connectivity index (χ1n) is 10.4. The van der Waals surface area contributed by atoms with Crippen LogP contribution < -0.4 is 4.74 Å². The van der Waals surface area contributed by atoms with Crippen molar-refractivity contribution in [2.24, 2.45) is 0 Å². The van der Waals surface area contributed by atoms with E-state index in [0.717, 1.165) is 28.1 Å². The van der Waals surface area contributed by atoms with Crippen LogP contribution in [0.15, 0.2) is 48.7 Å². The van der Waals surface area contributed by atoms with Gasteiger partial charge in [-0.15, -0.1) is 11.3 Å². The Bertz CT molecular complexity index is 1080. The number of carbonyl (C=O) groups is 1. The third-order valence-electron chi connectivity index (χ3n) is 4.99. The lowest BCUT2D eigenvalue weighted by Crippen LogP contribution is -2.26. The number of carboxylic acids is 1. The van der Waals surface area contributed by atoms with Gasteiger partial charge in [0.2, 0.25) is 0 Å². The van der Waals surface area contributed by atoms with Crippen molar-refractivity contribution < 1.29 is 32.5 Å². The lowest BCUT2D eigenvalue weighted by atomic mass is 10.0. The number of rotatable bonds is 10. The topological polar surface area (TPSA) is 68.7 Å². The van der Waals surface area contributed by atoms with Gasteiger partial charge in [0.25, 0.3) is 0 Å². The predicted octanol–water partition coefficient (Wildman–Crippen LogP) is 5.79. The maximum absolute atomic E-state index is 12.7. The first-order valence-corrected chi connectivity index (χ1v) is 11.2. The van der Waals surface area contributed by atoms with E-state index in [2.05, 4.69) is 4.98 Å². The number of benzene rings is 2. The number of alkyl halides is 3. The fourth-order valence-electron chi connectivity index (χ4n) is 3.23. The Morgan fingerprint density at radius 2 is 1.91 bits per heavy atom. The molecule has 0 saturated heterocycles. The monoisotopic (exact) mass is 479 g/mol. The van der Waals surface area contributed by atoms with Gasteiger partial charge in [-0.2, -0.15) is 13.2 Å². The second-order valence-corrected chi connectivity index (χ2v) is 8.50. The van der Waals surface area contributed by atoms with Crippen LogP contribution in [0.25, 0.3) is 10.6 Å². The first kappa shape index (κ1) is 24.7. The van der Waals surface area contributed by atoms with Gasteiger partial charge < -0.3 is 14.6 Å². The number of hydrogen-bond acceptors (Lipinski definition) is 5. The zero-order chi connectivity index (χ0) is 24.0. The second-order valence-electron chi connectivity index (χ2n) is 7.38. The molecule has 0 radical (unpaired) electrons. The highest BCUT2D eigenvalue weighted by Gasteiger charge is 2.30. The van der Waals surface area contributed by atoms with Crippen molar-refractivity contribution in [3.05, 3.63) is 70.2 Å². The first-order chi connectivity index (χ1) is 15.7. The van der Waals surface area contributed by atoms with Crippen molar-refractivity contribution in [2.75, 3.05) is 13.2 Å². The molecule has 5 nitrogen and oxygen atoms in total. The molecule has 1 aromatic heterocycles.